The number of benzene rings is 1. The Bertz CT molecular complexity index is 299. The highest BCUT2D eigenvalue weighted by Crippen LogP contribution is 2.16. The first-order valence-corrected chi connectivity index (χ1v) is 6.36. The van der Waals surface area contributed by atoms with E-state index in [1.807, 2.05) is 0 Å². The minimum atomic E-state index is 0.916. The maximum atomic E-state index is 3.50. The summed E-state index contributed by atoms with van der Waals surface area (Å²) in [6.07, 6.45) is 3.99. The van der Waals surface area contributed by atoms with E-state index in [1.54, 1.807) is 0 Å². The van der Waals surface area contributed by atoms with Crippen molar-refractivity contribution in [2.45, 2.75) is 26.2 Å². The van der Waals surface area contributed by atoms with E-state index in [9.17, 15) is 0 Å². The number of nitrogens with one attached hydrogen (secondary N) is 2. The van der Waals surface area contributed by atoms with Gasteiger partial charge in [-0.3, -0.25) is 0 Å². The number of rotatable bonds is 4. The quantitative estimate of drug-likeness (QED) is 0.812. The normalized spacial score (nSPS) is 17.3. The topological polar surface area (TPSA) is 24.1 Å². The highest BCUT2D eigenvalue weighted by atomic mass is 14.9. The summed E-state index contributed by atoms with van der Waals surface area (Å²) in [7, 11) is 0. The molecule has 1 fully saturated rings. The van der Waals surface area contributed by atoms with Crippen LogP contribution in [0.2, 0.25) is 0 Å². The fourth-order valence-electron chi connectivity index (χ4n) is 2.26. The van der Waals surface area contributed by atoms with Gasteiger partial charge in [0.05, 0.1) is 0 Å². The van der Waals surface area contributed by atoms with Gasteiger partial charge in [-0.1, -0.05) is 17.7 Å². The molecule has 2 heteroatoms. The molecular formula is C14H22N2. The van der Waals surface area contributed by atoms with Crippen molar-refractivity contribution in [3.05, 3.63) is 29.8 Å². The molecule has 1 aliphatic rings. The van der Waals surface area contributed by atoms with Gasteiger partial charge in [0.1, 0.15) is 0 Å². The summed E-state index contributed by atoms with van der Waals surface area (Å²) in [5.41, 5.74) is 2.57. The van der Waals surface area contributed by atoms with Crippen LogP contribution in [0.25, 0.3) is 0 Å². The van der Waals surface area contributed by atoms with Crippen LogP contribution < -0.4 is 10.6 Å². The van der Waals surface area contributed by atoms with Crippen LogP contribution >= 0.6 is 0 Å². The highest BCUT2D eigenvalue weighted by molar-refractivity contribution is 5.44. The standard InChI is InChI=1S/C14H22N2/c1-12-2-4-14(5-3-12)16-11-8-13-6-9-15-10-7-13/h2-5,13,15-16H,6-11H2,1H3. The SMILES string of the molecule is Cc1ccc(NCCC2CCNCC2)cc1. The van der Waals surface area contributed by atoms with Crippen molar-refractivity contribution in [1.82, 2.24) is 5.32 Å². The van der Waals surface area contributed by atoms with E-state index in [0.29, 0.717) is 0 Å². The lowest BCUT2D eigenvalue weighted by atomic mass is 9.95. The second-order valence-electron chi connectivity index (χ2n) is 4.77. The largest absolute Gasteiger partial charge is 0.385 e. The van der Waals surface area contributed by atoms with Crippen LogP contribution in [0.15, 0.2) is 24.3 Å². The highest BCUT2D eigenvalue weighted by Gasteiger charge is 2.11. The number of aryl methyl sites for hydroxylation is 1. The molecule has 0 amide bonds. The maximum Gasteiger partial charge on any atom is 0.0340 e. The van der Waals surface area contributed by atoms with E-state index in [2.05, 4.69) is 41.8 Å². The Kier molecular flexibility index (Phi) is 4.23. The van der Waals surface area contributed by atoms with Crippen LogP contribution in [0.1, 0.15) is 24.8 Å². The summed E-state index contributed by atoms with van der Waals surface area (Å²) >= 11 is 0. The Morgan fingerprint density at radius 3 is 2.56 bits per heavy atom. The second-order valence-corrected chi connectivity index (χ2v) is 4.77. The van der Waals surface area contributed by atoms with Gasteiger partial charge in [-0.25, -0.2) is 0 Å². The van der Waals surface area contributed by atoms with Crippen LogP contribution in [0.4, 0.5) is 5.69 Å². The Hall–Kier alpha value is -1.02. The lowest BCUT2D eigenvalue weighted by Crippen LogP contribution is -2.28. The molecular weight excluding hydrogens is 196 g/mol. The fraction of sp³-hybridized carbons (Fsp3) is 0.571. The van der Waals surface area contributed by atoms with Gasteiger partial charge in [-0.15, -0.1) is 0 Å². The zero-order valence-corrected chi connectivity index (χ0v) is 10.1. The zero-order valence-electron chi connectivity index (χ0n) is 10.1. The van der Waals surface area contributed by atoms with Crippen molar-refractivity contribution in [2.24, 2.45) is 5.92 Å². The van der Waals surface area contributed by atoms with Gasteiger partial charge in [0, 0.05) is 12.2 Å². The van der Waals surface area contributed by atoms with Gasteiger partial charge in [0.25, 0.3) is 0 Å². The van der Waals surface area contributed by atoms with Crippen molar-refractivity contribution in [2.75, 3.05) is 25.0 Å². The molecule has 0 aromatic heterocycles. The van der Waals surface area contributed by atoms with Gasteiger partial charge < -0.3 is 10.6 Å². The minimum absolute atomic E-state index is 0.916. The molecule has 0 unspecified atom stereocenters. The van der Waals surface area contributed by atoms with E-state index in [4.69, 9.17) is 0 Å². The third-order valence-corrected chi connectivity index (χ3v) is 3.39. The molecule has 1 saturated heterocycles. The van der Waals surface area contributed by atoms with Crippen LogP contribution in [-0.4, -0.2) is 19.6 Å². The van der Waals surface area contributed by atoms with Crippen LogP contribution in [0, 0.1) is 12.8 Å². The number of hydrogen-bond donors (Lipinski definition) is 2. The molecule has 1 heterocycles. The summed E-state index contributed by atoms with van der Waals surface area (Å²) in [6.45, 7) is 5.64. The first kappa shape index (κ1) is 11.5. The number of anilines is 1. The summed E-state index contributed by atoms with van der Waals surface area (Å²) in [6, 6.07) is 8.65. The third-order valence-electron chi connectivity index (χ3n) is 3.39. The second kappa shape index (κ2) is 5.90. The number of piperidine rings is 1. The summed E-state index contributed by atoms with van der Waals surface area (Å²) in [4.78, 5) is 0. The average Bonchev–Trinajstić information content (AvgIpc) is 2.33. The lowest BCUT2D eigenvalue weighted by Gasteiger charge is -2.22. The van der Waals surface area contributed by atoms with Crippen molar-refractivity contribution < 1.29 is 0 Å². The Balaban J connectivity index is 1.69. The first-order chi connectivity index (χ1) is 7.84. The summed E-state index contributed by atoms with van der Waals surface area (Å²) < 4.78 is 0. The van der Waals surface area contributed by atoms with Gasteiger partial charge in [-0.05, 0) is 57.3 Å². The fourth-order valence-corrected chi connectivity index (χ4v) is 2.26. The van der Waals surface area contributed by atoms with E-state index in [0.717, 1.165) is 12.5 Å². The molecule has 0 atom stereocenters. The predicted octanol–water partition coefficient (Wildman–Crippen LogP) is 2.80. The van der Waals surface area contributed by atoms with Crippen LogP contribution in [0.3, 0.4) is 0 Å². The van der Waals surface area contributed by atoms with E-state index in [-0.39, 0.29) is 0 Å². The molecule has 0 spiro atoms. The summed E-state index contributed by atoms with van der Waals surface area (Å²) in [5, 5.41) is 6.91. The predicted molar refractivity (Wildman–Crippen MR) is 69.9 cm³/mol. The van der Waals surface area contributed by atoms with Gasteiger partial charge in [0.2, 0.25) is 0 Å². The van der Waals surface area contributed by atoms with Crippen LogP contribution in [0.5, 0.6) is 0 Å². The lowest BCUT2D eigenvalue weighted by molar-refractivity contribution is 0.361. The van der Waals surface area contributed by atoms with Crippen LogP contribution in [-0.2, 0) is 0 Å². The van der Waals surface area contributed by atoms with Gasteiger partial charge in [0.15, 0.2) is 0 Å². The minimum Gasteiger partial charge on any atom is -0.385 e. The monoisotopic (exact) mass is 218 g/mol. The van der Waals surface area contributed by atoms with E-state index >= 15 is 0 Å². The zero-order chi connectivity index (χ0) is 11.2. The van der Waals surface area contributed by atoms with E-state index in [1.165, 1.54) is 43.6 Å². The van der Waals surface area contributed by atoms with Gasteiger partial charge in [-0.2, -0.15) is 0 Å². The van der Waals surface area contributed by atoms with E-state index < -0.39 is 0 Å². The smallest absolute Gasteiger partial charge is 0.0340 e. The average molecular weight is 218 g/mol. The van der Waals surface area contributed by atoms with Crippen molar-refractivity contribution >= 4 is 5.69 Å². The molecule has 88 valence electrons. The van der Waals surface area contributed by atoms with Crippen molar-refractivity contribution in [1.29, 1.82) is 0 Å². The third kappa shape index (κ3) is 3.53. The molecule has 0 saturated carbocycles. The molecule has 0 radical (unpaired) electrons. The molecule has 1 aromatic rings. The molecule has 1 aromatic carbocycles. The van der Waals surface area contributed by atoms with Crippen molar-refractivity contribution in [3.63, 3.8) is 0 Å². The molecule has 16 heavy (non-hydrogen) atoms. The molecule has 2 nitrogen and oxygen atoms in total. The summed E-state index contributed by atoms with van der Waals surface area (Å²) in [5.74, 6) is 0.916. The molecule has 2 N–H and O–H groups in total. The number of hydrogen-bond acceptors (Lipinski definition) is 2. The Morgan fingerprint density at radius 2 is 1.88 bits per heavy atom. The van der Waals surface area contributed by atoms with Crippen molar-refractivity contribution in [3.8, 4) is 0 Å². The molecule has 1 aliphatic heterocycles. The Labute approximate surface area is 98.4 Å². The van der Waals surface area contributed by atoms with Gasteiger partial charge >= 0.3 is 0 Å². The Morgan fingerprint density at radius 1 is 1.19 bits per heavy atom. The molecule has 0 bridgehead atoms. The molecule has 0 aliphatic carbocycles. The molecule has 2 rings (SSSR count). The maximum absolute atomic E-state index is 3.50. The first-order valence-electron chi connectivity index (χ1n) is 6.36.